The normalized spacial score (nSPS) is 11.3. The van der Waals surface area contributed by atoms with Crippen molar-refractivity contribution in [1.29, 1.82) is 0 Å². The SMILES string of the molecule is Cc1oc(-c2ccccc2)nc1CC(=O)NCc1cccc(OCC(F)(F)F)c1. The van der Waals surface area contributed by atoms with Gasteiger partial charge in [0.15, 0.2) is 6.61 Å². The third-order valence-electron chi connectivity index (χ3n) is 4.03. The van der Waals surface area contributed by atoms with Crippen LogP contribution in [0.4, 0.5) is 13.2 Å². The molecule has 0 bridgehead atoms. The van der Waals surface area contributed by atoms with E-state index in [0.717, 1.165) is 5.56 Å². The van der Waals surface area contributed by atoms with Crippen molar-refractivity contribution in [2.45, 2.75) is 26.1 Å². The van der Waals surface area contributed by atoms with Crippen LogP contribution in [0.25, 0.3) is 11.5 Å². The Labute approximate surface area is 165 Å². The predicted octanol–water partition coefficient (Wildman–Crippen LogP) is 4.45. The first-order valence-corrected chi connectivity index (χ1v) is 8.87. The van der Waals surface area contributed by atoms with Gasteiger partial charge in [-0.15, -0.1) is 0 Å². The van der Waals surface area contributed by atoms with Crippen LogP contribution in [-0.2, 0) is 17.8 Å². The Morgan fingerprint density at radius 3 is 2.62 bits per heavy atom. The number of aromatic nitrogens is 1. The average Bonchev–Trinajstić information content (AvgIpc) is 3.06. The molecule has 0 unspecified atom stereocenters. The van der Waals surface area contributed by atoms with Gasteiger partial charge < -0.3 is 14.5 Å². The lowest BCUT2D eigenvalue weighted by molar-refractivity contribution is -0.153. The summed E-state index contributed by atoms with van der Waals surface area (Å²) in [5, 5.41) is 2.72. The molecule has 3 aromatic rings. The molecule has 8 heteroatoms. The summed E-state index contributed by atoms with van der Waals surface area (Å²) in [6, 6.07) is 15.5. The zero-order valence-electron chi connectivity index (χ0n) is 15.6. The standard InChI is InChI=1S/C21H19F3N2O3/c1-14-18(26-20(29-14)16-7-3-2-4-8-16)11-19(27)25-12-15-6-5-9-17(10-15)28-13-21(22,23)24/h2-10H,11-13H2,1H3,(H,25,27). The van der Waals surface area contributed by atoms with Gasteiger partial charge in [0.1, 0.15) is 11.5 Å². The number of amides is 1. The van der Waals surface area contributed by atoms with Crippen molar-refractivity contribution in [3.8, 4) is 17.2 Å². The monoisotopic (exact) mass is 404 g/mol. The number of carbonyl (C=O) groups excluding carboxylic acids is 1. The Kier molecular flexibility index (Phi) is 6.21. The molecule has 0 saturated carbocycles. The highest BCUT2D eigenvalue weighted by Gasteiger charge is 2.28. The van der Waals surface area contributed by atoms with Crippen molar-refractivity contribution in [2.75, 3.05) is 6.61 Å². The second kappa shape index (κ2) is 8.81. The molecule has 1 aromatic heterocycles. The maximum absolute atomic E-state index is 12.3. The van der Waals surface area contributed by atoms with Crippen LogP contribution in [0.5, 0.6) is 5.75 Å². The molecule has 1 heterocycles. The quantitative estimate of drug-likeness (QED) is 0.632. The van der Waals surface area contributed by atoms with Gasteiger partial charge in [0.05, 0.1) is 12.1 Å². The number of oxazole rings is 1. The van der Waals surface area contributed by atoms with E-state index in [0.29, 0.717) is 22.9 Å². The Hall–Kier alpha value is -3.29. The molecular formula is C21H19F3N2O3. The Bertz CT molecular complexity index is 969. The maximum atomic E-state index is 12.3. The van der Waals surface area contributed by atoms with E-state index in [-0.39, 0.29) is 24.6 Å². The summed E-state index contributed by atoms with van der Waals surface area (Å²) >= 11 is 0. The van der Waals surface area contributed by atoms with Crippen molar-refractivity contribution >= 4 is 5.91 Å². The summed E-state index contributed by atoms with van der Waals surface area (Å²) in [6.07, 6.45) is -4.37. The van der Waals surface area contributed by atoms with E-state index in [1.165, 1.54) is 12.1 Å². The van der Waals surface area contributed by atoms with Crippen molar-refractivity contribution in [1.82, 2.24) is 10.3 Å². The fourth-order valence-corrected chi connectivity index (χ4v) is 2.62. The molecule has 1 amide bonds. The number of nitrogens with zero attached hydrogens (tertiary/aromatic N) is 1. The van der Waals surface area contributed by atoms with E-state index in [1.54, 1.807) is 19.1 Å². The highest BCUT2D eigenvalue weighted by Crippen LogP contribution is 2.22. The number of ether oxygens (including phenoxy) is 1. The molecular weight excluding hydrogens is 385 g/mol. The second-order valence-electron chi connectivity index (χ2n) is 6.39. The molecule has 2 aromatic carbocycles. The number of nitrogens with one attached hydrogen (secondary N) is 1. The summed E-state index contributed by atoms with van der Waals surface area (Å²) in [5.41, 5.74) is 1.97. The van der Waals surface area contributed by atoms with Crippen molar-refractivity contribution in [2.24, 2.45) is 0 Å². The van der Waals surface area contributed by atoms with Gasteiger partial charge in [-0.25, -0.2) is 4.98 Å². The van der Waals surface area contributed by atoms with Crippen LogP contribution in [0, 0.1) is 6.92 Å². The second-order valence-corrected chi connectivity index (χ2v) is 6.39. The molecule has 3 rings (SSSR count). The van der Waals surface area contributed by atoms with Crippen LogP contribution in [0.2, 0.25) is 0 Å². The number of carbonyl (C=O) groups is 1. The van der Waals surface area contributed by atoms with Gasteiger partial charge in [0.2, 0.25) is 11.8 Å². The number of alkyl halides is 3. The lowest BCUT2D eigenvalue weighted by atomic mass is 10.2. The number of hydrogen-bond donors (Lipinski definition) is 1. The van der Waals surface area contributed by atoms with Gasteiger partial charge in [0.25, 0.3) is 0 Å². The molecule has 0 atom stereocenters. The van der Waals surface area contributed by atoms with E-state index in [1.807, 2.05) is 30.3 Å². The van der Waals surface area contributed by atoms with Gasteiger partial charge in [-0.05, 0) is 36.8 Å². The smallest absolute Gasteiger partial charge is 0.422 e. The minimum atomic E-state index is -4.40. The summed E-state index contributed by atoms with van der Waals surface area (Å²) in [6.45, 7) is 0.534. The summed E-state index contributed by atoms with van der Waals surface area (Å²) in [4.78, 5) is 16.6. The van der Waals surface area contributed by atoms with E-state index in [4.69, 9.17) is 9.15 Å². The Morgan fingerprint density at radius 1 is 1.14 bits per heavy atom. The van der Waals surface area contributed by atoms with Crippen LogP contribution < -0.4 is 10.1 Å². The fraction of sp³-hybridized carbons (Fsp3) is 0.238. The molecule has 0 aliphatic carbocycles. The summed E-state index contributed by atoms with van der Waals surface area (Å²) in [7, 11) is 0. The summed E-state index contributed by atoms with van der Waals surface area (Å²) in [5.74, 6) is 0.818. The van der Waals surface area contributed by atoms with Crippen LogP contribution in [0.15, 0.2) is 59.0 Å². The molecule has 1 N–H and O–H groups in total. The average molecular weight is 404 g/mol. The molecule has 152 valence electrons. The molecule has 5 nitrogen and oxygen atoms in total. The van der Waals surface area contributed by atoms with Gasteiger partial charge in [-0.2, -0.15) is 13.2 Å². The predicted molar refractivity (Wildman–Crippen MR) is 100 cm³/mol. The first-order chi connectivity index (χ1) is 13.8. The Balaban J connectivity index is 1.56. The fourth-order valence-electron chi connectivity index (χ4n) is 2.62. The van der Waals surface area contributed by atoms with Crippen molar-refractivity contribution in [3.05, 3.63) is 71.6 Å². The lowest BCUT2D eigenvalue weighted by Crippen LogP contribution is -2.25. The summed E-state index contributed by atoms with van der Waals surface area (Å²) < 4.78 is 47.1. The third kappa shape index (κ3) is 6.10. The molecule has 0 aliphatic rings. The maximum Gasteiger partial charge on any atom is 0.422 e. The molecule has 0 spiro atoms. The van der Waals surface area contributed by atoms with Crippen LogP contribution in [0.3, 0.4) is 0 Å². The molecule has 0 fully saturated rings. The lowest BCUT2D eigenvalue weighted by Gasteiger charge is -2.10. The molecule has 0 radical (unpaired) electrons. The van der Waals surface area contributed by atoms with Gasteiger partial charge in [-0.3, -0.25) is 4.79 Å². The van der Waals surface area contributed by atoms with E-state index >= 15 is 0 Å². The minimum Gasteiger partial charge on any atom is -0.484 e. The largest absolute Gasteiger partial charge is 0.484 e. The zero-order valence-corrected chi connectivity index (χ0v) is 15.6. The minimum absolute atomic E-state index is 0.0342. The van der Waals surface area contributed by atoms with Crippen LogP contribution in [-0.4, -0.2) is 23.7 Å². The molecule has 0 saturated heterocycles. The first kappa shape index (κ1) is 20.4. The molecule has 0 aliphatic heterocycles. The number of hydrogen-bond acceptors (Lipinski definition) is 4. The van der Waals surface area contributed by atoms with E-state index in [2.05, 4.69) is 10.3 Å². The van der Waals surface area contributed by atoms with Gasteiger partial charge in [-0.1, -0.05) is 30.3 Å². The number of rotatable bonds is 7. The van der Waals surface area contributed by atoms with Crippen LogP contribution in [0.1, 0.15) is 17.0 Å². The van der Waals surface area contributed by atoms with Crippen molar-refractivity contribution in [3.63, 3.8) is 0 Å². The number of aryl methyl sites for hydroxylation is 1. The Morgan fingerprint density at radius 2 is 1.90 bits per heavy atom. The highest BCUT2D eigenvalue weighted by molar-refractivity contribution is 5.78. The topological polar surface area (TPSA) is 64.4 Å². The number of halogens is 3. The third-order valence-corrected chi connectivity index (χ3v) is 4.03. The highest BCUT2D eigenvalue weighted by atomic mass is 19.4. The van der Waals surface area contributed by atoms with E-state index in [9.17, 15) is 18.0 Å². The first-order valence-electron chi connectivity index (χ1n) is 8.87. The zero-order chi connectivity index (χ0) is 20.9. The van der Waals surface area contributed by atoms with Crippen molar-refractivity contribution < 1.29 is 27.1 Å². The molecule has 29 heavy (non-hydrogen) atoms. The van der Waals surface area contributed by atoms with Gasteiger partial charge >= 0.3 is 6.18 Å². The van der Waals surface area contributed by atoms with Gasteiger partial charge in [0, 0.05) is 12.1 Å². The van der Waals surface area contributed by atoms with Crippen LogP contribution >= 0.6 is 0 Å². The number of benzene rings is 2. The van der Waals surface area contributed by atoms with E-state index < -0.39 is 12.8 Å².